The molecule has 3 aromatic carbocycles. The molecule has 1 aromatic heterocycles. The van der Waals surface area contributed by atoms with Gasteiger partial charge in [-0.15, -0.1) is 0 Å². The number of aromatic nitrogens is 2. The fourth-order valence-electron chi connectivity index (χ4n) is 2.80. The number of nitrogens with zero attached hydrogens (tertiary/aromatic N) is 2. The van der Waals surface area contributed by atoms with Crippen molar-refractivity contribution >= 4 is 11.0 Å². The Labute approximate surface area is 143 Å². The Kier molecular flexibility index (Phi) is 4.76. The molecule has 0 radical (unpaired) electrons. The van der Waals surface area contributed by atoms with E-state index in [9.17, 15) is 0 Å². The fourth-order valence-corrected chi connectivity index (χ4v) is 2.80. The van der Waals surface area contributed by atoms with Gasteiger partial charge in [0.15, 0.2) is 0 Å². The molecule has 0 unspecified atom stereocenters. The van der Waals surface area contributed by atoms with Crippen molar-refractivity contribution in [3.63, 3.8) is 0 Å². The van der Waals surface area contributed by atoms with Crippen molar-refractivity contribution < 1.29 is 0 Å². The molecule has 0 saturated heterocycles. The van der Waals surface area contributed by atoms with Crippen LogP contribution in [0.5, 0.6) is 0 Å². The van der Waals surface area contributed by atoms with Gasteiger partial charge in [-0.25, -0.2) is 4.98 Å². The molecule has 0 atom stereocenters. The number of para-hydroxylation sites is 1. The quantitative estimate of drug-likeness (QED) is 0.442. The third kappa shape index (κ3) is 2.95. The Morgan fingerprint density at radius 1 is 0.750 bits per heavy atom. The third-order valence-corrected chi connectivity index (χ3v) is 3.86. The fraction of sp³-hybridized carbons (Fsp3) is 0.136. The van der Waals surface area contributed by atoms with E-state index in [2.05, 4.69) is 78.2 Å². The normalized spacial score (nSPS) is 10.3. The molecule has 1 heterocycles. The molecule has 4 aromatic rings. The van der Waals surface area contributed by atoms with Crippen molar-refractivity contribution in [2.24, 2.45) is 0 Å². The highest BCUT2D eigenvalue weighted by Crippen LogP contribution is 2.28. The predicted molar refractivity (Wildman–Crippen MR) is 103 cm³/mol. The molecule has 0 spiro atoms. The summed E-state index contributed by atoms with van der Waals surface area (Å²) in [6.45, 7) is 6.12. The van der Waals surface area contributed by atoms with Gasteiger partial charge in [-0.1, -0.05) is 68.4 Å². The summed E-state index contributed by atoms with van der Waals surface area (Å²) in [4.78, 5) is 4.86. The van der Waals surface area contributed by atoms with E-state index in [-0.39, 0.29) is 0 Å². The minimum absolute atomic E-state index is 0.979. The van der Waals surface area contributed by atoms with E-state index in [0.29, 0.717) is 0 Å². The molecule has 0 aliphatic carbocycles. The van der Waals surface area contributed by atoms with Crippen LogP contribution in [-0.2, 0) is 0 Å². The van der Waals surface area contributed by atoms with Crippen LogP contribution >= 0.6 is 0 Å². The lowest BCUT2D eigenvalue weighted by Gasteiger charge is -2.09. The molecule has 2 nitrogen and oxygen atoms in total. The number of hydrogen-bond donors (Lipinski definition) is 0. The lowest BCUT2D eigenvalue weighted by molar-refractivity contribution is 1.10. The highest BCUT2D eigenvalue weighted by atomic mass is 15.1. The van der Waals surface area contributed by atoms with Gasteiger partial charge >= 0.3 is 0 Å². The lowest BCUT2D eigenvalue weighted by Crippen LogP contribution is -1.97. The summed E-state index contributed by atoms with van der Waals surface area (Å²) in [5, 5.41) is 0. The van der Waals surface area contributed by atoms with Crippen LogP contribution in [-0.4, -0.2) is 9.55 Å². The SMILES string of the molecule is CC.Cc1ccc2nc(-c3ccccc3)n(-c3ccccc3)c2c1. The Morgan fingerprint density at radius 3 is 2.04 bits per heavy atom. The molecule has 0 amide bonds. The number of hydrogen-bond acceptors (Lipinski definition) is 1. The monoisotopic (exact) mass is 314 g/mol. The van der Waals surface area contributed by atoms with Crippen molar-refractivity contribution in [1.29, 1.82) is 0 Å². The number of benzene rings is 3. The summed E-state index contributed by atoms with van der Waals surface area (Å²) < 4.78 is 2.23. The average Bonchev–Trinajstić information content (AvgIpc) is 3.03. The second-order valence-electron chi connectivity index (χ2n) is 5.46. The first-order valence-electron chi connectivity index (χ1n) is 8.43. The van der Waals surface area contributed by atoms with Gasteiger partial charge in [0.1, 0.15) is 5.82 Å². The Bertz CT molecular complexity index is 922. The molecule has 2 heteroatoms. The smallest absolute Gasteiger partial charge is 0.145 e. The lowest BCUT2D eigenvalue weighted by atomic mass is 10.2. The van der Waals surface area contributed by atoms with E-state index in [1.807, 2.05) is 26.0 Å². The Balaban J connectivity index is 0.000000815. The van der Waals surface area contributed by atoms with Crippen LogP contribution in [0.3, 0.4) is 0 Å². The minimum Gasteiger partial charge on any atom is -0.292 e. The van der Waals surface area contributed by atoms with Crippen molar-refractivity contribution in [3.05, 3.63) is 84.4 Å². The van der Waals surface area contributed by atoms with Crippen molar-refractivity contribution in [2.75, 3.05) is 0 Å². The molecule has 0 aliphatic rings. The largest absolute Gasteiger partial charge is 0.292 e. The highest BCUT2D eigenvalue weighted by Gasteiger charge is 2.13. The molecular weight excluding hydrogens is 292 g/mol. The van der Waals surface area contributed by atoms with E-state index in [1.54, 1.807) is 0 Å². The van der Waals surface area contributed by atoms with E-state index in [0.717, 1.165) is 28.1 Å². The molecule has 0 saturated carbocycles. The Morgan fingerprint density at radius 2 is 1.38 bits per heavy atom. The number of imidazole rings is 1. The first kappa shape index (κ1) is 16.0. The molecular formula is C22H22N2. The van der Waals surface area contributed by atoms with E-state index < -0.39 is 0 Å². The molecule has 0 fully saturated rings. The third-order valence-electron chi connectivity index (χ3n) is 3.86. The zero-order valence-electron chi connectivity index (χ0n) is 14.4. The molecule has 24 heavy (non-hydrogen) atoms. The standard InChI is InChI=1S/C20H16N2.C2H6/c1-15-12-13-18-19(14-15)22(17-10-6-3-7-11-17)20(21-18)16-8-4-2-5-9-16;1-2/h2-14H,1H3;1-2H3. The summed E-state index contributed by atoms with van der Waals surface area (Å²) in [6.07, 6.45) is 0. The summed E-state index contributed by atoms with van der Waals surface area (Å²) in [6, 6.07) is 27.1. The second kappa shape index (κ2) is 7.14. The molecule has 120 valence electrons. The number of fused-ring (bicyclic) bond motifs is 1. The average molecular weight is 314 g/mol. The van der Waals surface area contributed by atoms with Gasteiger partial charge in [0.25, 0.3) is 0 Å². The summed E-state index contributed by atoms with van der Waals surface area (Å²) in [7, 11) is 0. The molecule has 0 aliphatic heterocycles. The van der Waals surface area contributed by atoms with Crippen LogP contribution in [0.25, 0.3) is 28.1 Å². The zero-order chi connectivity index (χ0) is 16.9. The Hall–Kier alpha value is -2.87. The molecule has 4 rings (SSSR count). The van der Waals surface area contributed by atoms with Crippen molar-refractivity contribution in [1.82, 2.24) is 9.55 Å². The van der Waals surface area contributed by atoms with Crippen LogP contribution in [0.15, 0.2) is 78.9 Å². The van der Waals surface area contributed by atoms with Crippen molar-refractivity contribution in [3.8, 4) is 17.1 Å². The maximum atomic E-state index is 4.86. The van der Waals surface area contributed by atoms with Gasteiger partial charge in [0, 0.05) is 11.3 Å². The van der Waals surface area contributed by atoms with E-state index in [4.69, 9.17) is 4.98 Å². The maximum absolute atomic E-state index is 4.86. The van der Waals surface area contributed by atoms with Gasteiger partial charge in [0.05, 0.1) is 11.0 Å². The summed E-state index contributed by atoms with van der Waals surface area (Å²) in [5.41, 5.74) is 5.66. The van der Waals surface area contributed by atoms with Crippen LogP contribution in [0, 0.1) is 6.92 Å². The second-order valence-corrected chi connectivity index (χ2v) is 5.46. The number of rotatable bonds is 2. The van der Waals surface area contributed by atoms with Crippen LogP contribution < -0.4 is 0 Å². The van der Waals surface area contributed by atoms with Gasteiger partial charge in [-0.2, -0.15) is 0 Å². The minimum atomic E-state index is 0.979. The maximum Gasteiger partial charge on any atom is 0.145 e. The van der Waals surface area contributed by atoms with Crippen LogP contribution in [0.2, 0.25) is 0 Å². The van der Waals surface area contributed by atoms with Gasteiger partial charge < -0.3 is 0 Å². The van der Waals surface area contributed by atoms with Crippen LogP contribution in [0.1, 0.15) is 19.4 Å². The first-order chi connectivity index (χ1) is 11.8. The molecule has 0 bridgehead atoms. The van der Waals surface area contributed by atoms with Crippen LogP contribution in [0.4, 0.5) is 0 Å². The van der Waals surface area contributed by atoms with Crippen molar-refractivity contribution in [2.45, 2.75) is 20.8 Å². The zero-order valence-corrected chi connectivity index (χ0v) is 14.4. The van der Waals surface area contributed by atoms with Gasteiger partial charge in [-0.05, 0) is 36.8 Å². The topological polar surface area (TPSA) is 17.8 Å². The highest BCUT2D eigenvalue weighted by molar-refractivity contribution is 5.83. The van der Waals surface area contributed by atoms with E-state index in [1.165, 1.54) is 5.56 Å². The van der Waals surface area contributed by atoms with E-state index >= 15 is 0 Å². The number of aryl methyl sites for hydroxylation is 1. The summed E-state index contributed by atoms with van der Waals surface area (Å²) >= 11 is 0. The van der Waals surface area contributed by atoms with Gasteiger partial charge in [0.2, 0.25) is 0 Å². The first-order valence-corrected chi connectivity index (χ1v) is 8.43. The van der Waals surface area contributed by atoms with Gasteiger partial charge in [-0.3, -0.25) is 4.57 Å². The molecule has 0 N–H and O–H groups in total. The summed E-state index contributed by atoms with van der Waals surface area (Å²) in [5.74, 6) is 0.979. The predicted octanol–water partition coefficient (Wildman–Crippen LogP) is 6.03.